The van der Waals surface area contributed by atoms with Crippen molar-refractivity contribution in [3.05, 3.63) is 58.3 Å². The molecule has 1 aliphatic rings. The summed E-state index contributed by atoms with van der Waals surface area (Å²) in [5.41, 5.74) is 2.30. The predicted molar refractivity (Wildman–Crippen MR) is 111 cm³/mol. The number of pyridine rings is 1. The van der Waals surface area contributed by atoms with E-state index in [0.29, 0.717) is 27.2 Å². The van der Waals surface area contributed by atoms with Crippen LogP contribution in [-0.2, 0) is 13.0 Å². The number of carbonyl (C=O) groups excluding carboxylic acids is 1. The molecule has 3 aromatic heterocycles. The molecule has 10 heteroatoms. The molecule has 3 heterocycles. The molecule has 1 aromatic carbocycles. The molecule has 0 N–H and O–H groups in total. The SMILES string of the molecule is O=C(CCc1cc(F)cnc1Oc1ccc2c(nnn2CC2CC2)c1Br)c1ccon1. The number of carbonyl (C=O) groups is 1. The van der Waals surface area contributed by atoms with Gasteiger partial charge >= 0.3 is 0 Å². The summed E-state index contributed by atoms with van der Waals surface area (Å²) in [7, 11) is 0. The number of halogens is 2. The summed E-state index contributed by atoms with van der Waals surface area (Å²) < 4.78 is 27.0. The van der Waals surface area contributed by atoms with Crippen molar-refractivity contribution in [2.75, 3.05) is 0 Å². The quantitative estimate of drug-likeness (QED) is 0.332. The van der Waals surface area contributed by atoms with Crippen LogP contribution >= 0.6 is 15.9 Å². The number of Topliss-reactive ketones (excluding diaryl/α,β-unsaturated/α-hetero) is 1. The van der Waals surface area contributed by atoms with Gasteiger partial charge in [0.25, 0.3) is 0 Å². The van der Waals surface area contributed by atoms with E-state index in [4.69, 9.17) is 9.26 Å². The first-order chi connectivity index (χ1) is 15.1. The molecule has 0 radical (unpaired) electrons. The smallest absolute Gasteiger partial charge is 0.222 e. The first-order valence-corrected chi connectivity index (χ1v) is 10.7. The summed E-state index contributed by atoms with van der Waals surface area (Å²) in [6, 6.07) is 6.51. The van der Waals surface area contributed by atoms with Crippen LogP contribution in [0.5, 0.6) is 11.6 Å². The normalized spacial score (nSPS) is 13.6. The Labute approximate surface area is 184 Å². The molecule has 0 atom stereocenters. The second-order valence-electron chi connectivity index (χ2n) is 7.49. The van der Waals surface area contributed by atoms with Crippen LogP contribution in [0.2, 0.25) is 0 Å². The van der Waals surface area contributed by atoms with Crippen molar-refractivity contribution in [1.82, 2.24) is 25.1 Å². The number of fused-ring (bicyclic) bond motifs is 1. The van der Waals surface area contributed by atoms with Crippen molar-refractivity contribution < 1.29 is 18.4 Å². The van der Waals surface area contributed by atoms with E-state index in [1.54, 1.807) is 6.07 Å². The van der Waals surface area contributed by atoms with Crippen LogP contribution in [-0.4, -0.2) is 30.9 Å². The van der Waals surface area contributed by atoms with Crippen molar-refractivity contribution in [1.29, 1.82) is 0 Å². The standard InChI is InChI=1S/C21H17BrFN5O3/c22-19-18(6-4-16-20(19)25-27-28(16)11-12-1-2-12)31-21-13(9-14(23)10-24-21)3-5-17(29)15-7-8-30-26-15/h4,6-10,12H,1-3,5,11H2. The van der Waals surface area contributed by atoms with Crippen molar-refractivity contribution in [3.8, 4) is 11.6 Å². The Bertz CT molecular complexity index is 1250. The molecule has 1 saturated carbocycles. The molecule has 0 aliphatic heterocycles. The van der Waals surface area contributed by atoms with E-state index in [9.17, 15) is 9.18 Å². The Morgan fingerprint density at radius 2 is 2.19 bits per heavy atom. The summed E-state index contributed by atoms with van der Waals surface area (Å²) in [4.78, 5) is 16.3. The maximum atomic E-state index is 13.8. The first kappa shape index (κ1) is 19.8. The third-order valence-corrected chi connectivity index (χ3v) is 5.93. The van der Waals surface area contributed by atoms with Gasteiger partial charge in [-0.05, 0) is 59.3 Å². The summed E-state index contributed by atoms with van der Waals surface area (Å²) in [5, 5.41) is 12.2. The highest BCUT2D eigenvalue weighted by atomic mass is 79.9. The lowest BCUT2D eigenvalue weighted by atomic mass is 10.1. The molecule has 1 aliphatic carbocycles. The third-order valence-electron chi connectivity index (χ3n) is 5.16. The van der Waals surface area contributed by atoms with Gasteiger partial charge < -0.3 is 9.26 Å². The molecule has 0 unspecified atom stereocenters. The molecule has 158 valence electrons. The van der Waals surface area contributed by atoms with Crippen LogP contribution in [0.25, 0.3) is 11.0 Å². The number of hydrogen-bond donors (Lipinski definition) is 0. The van der Waals surface area contributed by atoms with E-state index in [0.717, 1.165) is 18.3 Å². The van der Waals surface area contributed by atoms with Gasteiger partial charge in [-0.15, -0.1) is 5.10 Å². The van der Waals surface area contributed by atoms with E-state index < -0.39 is 5.82 Å². The van der Waals surface area contributed by atoms with Gasteiger partial charge in [-0.25, -0.2) is 14.1 Å². The topological polar surface area (TPSA) is 95.9 Å². The molecule has 0 saturated heterocycles. The zero-order valence-electron chi connectivity index (χ0n) is 16.3. The van der Waals surface area contributed by atoms with E-state index in [1.807, 2.05) is 10.7 Å². The van der Waals surface area contributed by atoms with Gasteiger partial charge in [0.1, 0.15) is 29.0 Å². The van der Waals surface area contributed by atoms with E-state index in [-0.39, 0.29) is 30.2 Å². The minimum atomic E-state index is -0.506. The molecule has 0 bridgehead atoms. The van der Waals surface area contributed by atoms with Crippen LogP contribution in [0.15, 0.2) is 45.7 Å². The molecular weight excluding hydrogens is 469 g/mol. The van der Waals surface area contributed by atoms with E-state index >= 15 is 0 Å². The van der Waals surface area contributed by atoms with Gasteiger partial charge in [0.2, 0.25) is 5.88 Å². The largest absolute Gasteiger partial charge is 0.437 e. The van der Waals surface area contributed by atoms with Crippen molar-refractivity contribution in [2.45, 2.75) is 32.2 Å². The molecule has 8 nitrogen and oxygen atoms in total. The minimum Gasteiger partial charge on any atom is -0.437 e. The first-order valence-electron chi connectivity index (χ1n) is 9.86. The van der Waals surface area contributed by atoms with Crippen LogP contribution in [0.1, 0.15) is 35.3 Å². The molecule has 4 aromatic rings. The lowest BCUT2D eigenvalue weighted by Gasteiger charge is -2.11. The second kappa shape index (κ2) is 8.18. The zero-order valence-corrected chi connectivity index (χ0v) is 17.9. The average Bonchev–Trinajstić information content (AvgIpc) is 3.24. The lowest BCUT2D eigenvalue weighted by molar-refractivity contribution is 0.0974. The van der Waals surface area contributed by atoms with Crippen LogP contribution in [0.4, 0.5) is 4.39 Å². The van der Waals surface area contributed by atoms with Crippen LogP contribution in [0, 0.1) is 11.7 Å². The number of aromatic nitrogens is 5. The Hall–Kier alpha value is -3.14. The molecule has 0 spiro atoms. The summed E-state index contributed by atoms with van der Waals surface area (Å²) >= 11 is 3.55. The van der Waals surface area contributed by atoms with Crippen LogP contribution < -0.4 is 4.74 Å². The lowest BCUT2D eigenvalue weighted by Crippen LogP contribution is -2.04. The minimum absolute atomic E-state index is 0.115. The van der Waals surface area contributed by atoms with E-state index in [1.165, 1.54) is 31.2 Å². The maximum absolute atomic E-state index is 13.8. The molecular formula is C21H17BrFN5O3. The number of hydrogen-bond acceptors (Lipinski definition) is 7. The number of rotatable bonds is 8. The van der Waals surface area contributed by atoms with Gasteiger partial charge in [0, 0.05) is 24.6 Å². The molecule has 31 heavy (non-hydrogen) atoms. The fraction of sp³-hybridized carbons (Fsp3) is 0.286. The molecule has 1 fully saturated rings. The Kier molecular flexibility index (Phi) is 5.23. The van der Waals surface area contributed by atoms with E-state index in [2.05, 4.69) is 36.4 Å². The summed E-state index contributed by atoms with van der Waals surface area (Å²) in [6.45, 7) is 0.854. The maximum Gasteiger partial charge on any atom is 0.222 e. The number of nitrogens with zero attached hydrogens (tertiary/aromatic N) is 5. The number of ketones is 1. The van der Waals surface area contributed by atoms with Crippen molar-refractivity contribution >= 4 is 32.7 Å². The van der Waals surface area contributed by atoms with Gasteiger partial charge in [0.05, 0.1) is 16.2 Å². The number of aryl methyl sites for hydroxylation is 1. The van der Waals surface area contributed by atoms with Gasteiger partial charge in [-0.3, -0.25) is 4.79 Å². The summed E-state index contributed by atoms with van der Waals surface area (Å²) in [6.07, 6.45) is 5.22. The monoisotopic (exact) mass is 485 g/mol. The second-order valence-corrected chi connectivity index (χ2v) is 8.28. The molecule has 5 rings (SSSR count). The Morgan fingerprint density at radius 1 is 1.32 bits per heavy atom. The van der Waals surface area contributed by atoms with Crippen molar-refractivity contribution in [2.24, 2.45) is 5.92 Å². The Morgan fingerprint density at radius 3 is 2.97 bits per heavy atom. The van der Waals surface area contributed by atoms with Gasteiger partial charge in [-0.1, -0.05) is 10.4 Å². The highest BCUT2D eigenvalue weighted by molar-refractivity contribution is 9.10. The highest BCUT2D eigenvalue weighted by Crippen LogP contribution is 2.37. The van der Waals surface area contributed by atoms with Crippen LogP contribution in [0.3, 0.4) is 0 Å². The van der Waals surface area contributed by atoms with Gasteiger partial charge in [0.15, 0.2) is 5.78 Å². The van der Waals surface area contributed by atoms with Crippen molar-refractivity contribution in [3.63, 3.8) is 0 Å². The fourth-order valence-corrected chi connectivity index (χ4v) is 3.82. The zero-order chi connectivity index (χ0) is 21.4. The third kappa shape index (κ3) is 4.20. The number of ether oxygens (including phenoxy) is 1. The molecule has 0 amide bonds. The van der Waals surface area contributed by atoms with Gasteiger partial charge in [-0.2, -0.15) is 0 Å². The average molecular weight is 486 g/mol. The fourth-order valence-electron chi connectivity index (χ4n) is 3.32. The Balaban J connectivity index is 1.38. The predicted octanol–water partition coefficient (Wildman–Crippen LogP) is 4.73. The number of benzene rings is 1. The highest BCUT2D eigenvalue weighted by Gasteiger charge is 2.24. The summed E-state index contributed by atoms with van der Waals surface area (Å²) in [5.74, 6) is 0.659.